The molecule has 0 saturated heterocycles. The van der Waals surface area contributed by atoms with Crippen molar-refractivity contribution in [2.24, 2.45) is 7.05 Å². The predicted octanol–water partition coefficient (Wildman–Crippen LogP) is 1.78. The zero-order valence-electron chi connectivity index (χ0n) is 11.2. The number of benzene rings is 1. The second-order valence-corrected chi connectivity index (χ2v) is 4.32. The second kappa shape index (κ2) is 6.15. The van der Waals surface area contributed by atoms with E-state index in [9.17, 15) is 4.79 Å². The van der Waals surface area contributed by atoms with Gasteiger partial charge in [-0.05, 0) is 18.2 Å². The molecule has 0 atom stereocenters. The summed E-state index contributed by atoms with van der Waals surface area (Å²) < 4.78 is 1.75. The molecule has 1 aromatic heterocycles. The number of para-hydroxylation sites is 1. The third-order valence-electron chi connectivity index (χ3n) is 2.77. The van der Waals surface area contributed by atoms with Crippen molar-refractivity contribution in [1.82, 2.24) is 14.9 Å². The number of imidazole rings is 1. The van der Waals surface area contributed by atoms with E-state index in [1.165, 1.54) is 0 Å². The Hall–Kier alpha value is -2.14. The Bertz CT molecular complexity index is 562. The molecule has 2 aromatic rings. The largest absolute Gasteiger partial charge is 0.340 e. The Balaban J connectivity index is 2.12. The highest BCUT2D eigenvalue weighted by molar-refractivity contribution is 6.03. The number of amides is 1. The lowest BCUT2D eigenvalue weighted by atomic mass is 10.1. The van der Waals surface area contributed by atoms with Gasteiger partial charge in [0.15, 0.2) is 0 Å². The maximum Gasteiger partial charge on any atom is 0.275 e. The molecule has 2 N–H and O–H groups in total. The molecule has 0 unspecified atom stereocenters. The molecule has 1 aromatic carbocycles. The lowest BCUT2D eigenvalue weighted by molar-refractivity contribution is 0.102. The molecular formula is C14H18N4O. The third kappa shape index (κ3) is 3.42. The van der Waals surface area contributed by atoms with Gasteiger partial charge in [0.1, 0.15) is 5.69 Å². The minimum atomic E-state index is -0.190. The first-order valence-corrected chi connectivity index (χ1v) is 6.28. The van der Waals surface area contributed by atoms with Gasteiger partial charge in [-0.2, -0.15) is 0 Å². The fraction of sp³-hybridized carbons (Fsp3) is 0.286. The molecule has 1 amide bonds. The molecule has 5 nitrogen and oxygen atoms in total. The van der Waals surface area contributed by atoms with Gasteiger partial charge in [-0.1, -0.05) is 25.1 Å². The van der Waals surface area contributed by atoms with E-state index in [0.29, 0.717) is 5.69 Å². The normalized spacial score (nSPS) is 10.4. The fourth-order valence-corrected chi connectivity index (χ4v) is 1.77. The van der Waals surface area contributed by atoms with Crippen LogP contribution in [0.2, 0.25) is 0 Å². The number of hydrogen-bond donors (Lipinski definition) is 2. The molecule has 2 rings (SSSR count). The van der Waals surface area contributed by atoms with Gasteiger partial charge in [0.2, 0.25) is 0 Å². The SMILES string of the molecule is CCNCc1ccccc1NC(=O)c1cn(C)cn1. The van der Waals surface area contributed by atoms with E-state index < -0.39 is 0 Å². The Kier molecular flexibility index (Phi) is 4.30. The molecule has 0 fully saturated rings. The number of anilines is 1. The highest BCUT2D eigenvalue weighted by atomic mass is 16.1. The molecule has 100 valence electrons. The first-order valence-electron chi connectivity index (χ1n) is 6.28. The monoisotopic (exact) mass is 258 g/mol. The van der Waals surface area contributed by atoms with E-state index in [0.717, 1.165) is 24.3 Å². The number of nitrogens with one attached hydrogen (secondary N) is 2. The van der Waals surface area contributed by atoms with E-state index in [2.05, 4.69) is 22.5 Å². The molecule has 0 spiro atoms. The maximum absolute atomic E-state index is 12.0. The summed E-state index contributed by atoms with van der Waals surface area (Å²) in [7, 11) is 1.84. The van der Waals surface area contributed by atoms with Gasteiger partial charge in [-0.25, -0.2) is 4.98 Å². The highest BCUT2D eigenvalue weighted by Gasteiger charge is 2.10. The summed E-state index contributed by atoms with van der Waals surface area (Å²) in [6.45, 7) is 3.67. The maximum atomic E-state index is 12.0. The molecule has 5 heteroatoms. The van der Waals surface area contributed by atoms with Crippen molar-refractivity contribution in [3.63, 3.8) is 0 Å². The van der Waals surface area contributed by atoms with Gasteiger partial charge in [-0.15, -0.1) is 0 Å². The van der Waals surface area contributed by atoms with E-state index in [1.54, 1.807) is 17.1 Å². The number of rotatable bonds is 5. The fourth-order valence-electron chi connectivity index (χ4n) is 1.77. The summed E-state index contributed by atoms with van der Waals surface area (Å²) in [6.07, 6.45) is 3.31. The van der Waals surface area contributed by atoms with Crippen LogP contribution in [0.25, 0.3) is 0 Å². The number of carbonyl (C=O) groups is 1. The van der Waals surface area contributed by atoms with Crippen molar-refractivity contribution >= 4 is 11.6 Å². The highest BCUT2D eigenvalue weighted by Crippen LogP contribution is 2.15. The first-order chi connectivity index (χ1) is 9.20. The zero-order valence-corrected chi connectivity index (χ0v) is 11.2. The van der Waals surface area contributed by atoms with Gasteiger partial charge < -0.3 is 15.2 Å². The van der Waals surface area contributed by atoms with Gasteiger partial charge in [0, 0.05) is 25.5 Å². The average molecular weight is 258 g/mol. The van der Waals surface area contributed by atoms with E-state index >= 15 is 0 Å². The molecule has 0 bridgehead atoms. The molecule has 0 radical (unpaired) electrons. The smallest absolute Gasteiger partial charge is 0.275 e. The predicted molar refractivity (Wildman–Crippen MR) is 75.0 cm³/mol. The lowest BCUT2D eigenvalue weighted by Crippen LogP contribution is -2.17. The van der Waals surface area contributed by atoms with E-state index in [-0.39, 0.29) is 5.91 Å². The summed E-state index contributed by atoms with van der Waals surface area (Å²) in [5.41, 5.74) is 2.30. The number of hydrogen-bond acceptors (Lipinski definition) is 3. The zero-order chi connectivity index (χ0) is 13.7. The number of nitrogens with zero attached hydrogens (tertiary/aromatic N) is 2. The van der Waals surface area contributed by atoms with Gasteiger partial charge in [0.05, 0.1) is 6.33 Å². The summed E-state index contributed by atoms with van der Waals surface area (Å²) in [4.78, 5) is 16.1. The van der Waals surface area contributed by atoms with Crippen molar-refractivity contribution < 1.29 is 4.79 Å². The molecule has 1 heterocycles. The van der Waals surface area contributed by atoms with Crippen LogP contribution < -0.4 is 10.6 Å². The number of carbonyl (C=O) groups excluding carboxylic acids is 1. The Morgan fingerprint density at radius 3 is 2.84 bits per heavy atom. The number of aryl methyl sites for hydroxylation is 1. The minimum absolute atomic E-state index is 0.190. The van der Waals surface area contributed by atoms with Crippen LogP contribution in [0.4, 0.5) is 5.69 Å². The summed E-state index contributed by atoms with van der Waals surface area (Å²) in [5, 5.41) is 6.15. The summed E-state index contributed by atoms with van der Waals surface area (Å²) >= 11 is 0. The first kappa shape index (κ1) is 13.3. The quantitative estimate of drug-likeness (QED) is 0.859. The van der Waals surface area contributed by atoms with E-state index in [1.807, 2.05) is 31.3 Å². The molecule has 19 heavy (non-hydrogen) atoms. The average Bonchev–Trinajstić information content (AvgIpc) is 2.84. The van der Waals surface area contributed by atoms with Crippen LogP contribution in [0.5, 0.6) is 0 Å². The lowest BCUT2D eigenvalue weighted by Gasteiger charge is -2.10. The van der Waals surface area contributed by atoms with Crippen LogP contribution in [-0.4, -0.2) is 22.0 Å². The summed E-state index contributed by atoms with van der Waals surface area (Å²) in [6, 6.07) is 7.76. The number of aromatic nitrogens is 2. The van der Waals surface area contributed by atoms with Crippen molar-refractivity contribution in [1.29, 1.82) is 0 Å². The van der Waals surface area contributed by atoms with Crippen LogP contribution in [0.3, 0.4) is 0 Å². The van der Waals surface area contributed by atoms with Crippen LogP contribution in [-0.2, 0) is 13.6 Å². The second-order valence-electron chi connectivity index (χ2n) is 4.32. The molecule has 0 aliphatic carbocycles. The van der Waals surface area contributed by atoms with Crippen LogP contribution in [0.1, 0.15) is 23.0 Å². The Morgan fingerprint density at radius 2 is 2.16 bits per heavy atom. The molecule has 0 aliphatic heterocycles. The Labute approximate surface area is 112 Å². The standard InChI is InChI=1S/C14H18N4O/c1-3-15-8-11-6-4-5-7-12(11)17-14(19)13-9-18(2)10-16-13/h4-7,9-10,15H,3,8H2,1-2H3,(H,17,19). The van der Waals surface area contributed by atoms with Crippen LogP contribution in [0.15, 0.2) is 36.8 Å². The summed E-state index contributed by atoms with van der Waals surface area (Å²) in [5.74, 6) is -0.190. The topological polar surface area (TPSA) is 58.9 Å². The van der Waals surface area contributed by atoms with Crippen LogP contribution in [0, 0.1) is 0 Å². The van der Waals surface area contributed by atoms with Gasteiger partial charge >= 0.3 is 0 Å². The molecule has 0 aliphatic rings. The van der Waals surface area contributed by atoms with Crippen molar-refractivity contribution in [3.8, 4) is 0 Å². The van der Waals surface area contributed by atoms with Crippen molar-refractivity contribution in [2.45, 2.75) is 13.5 Å². The molecule has 0 saturated carbocycles. The Morgan fingerprint density at radius 1 is 1.37 bits per heavy atom. The third-order valence-corrected chi connectivity index (χ3v) is 2.77. The van der Waals surface area contributed by atoms with Gasteiger partial charge in [-0.3, -0.25) is 4.79 Å². The van der Waals surface area contributed by atoms with Crippen molar-refractivity contribution in [3.05, 3.63) is 48.0 Å². The van der Waals surface area contributed by atoms with Crippen molar-refractivity contribution in [2.75, 3.05) is 11.9 Å². The molecular weight excluding hydrogens is 240 g/mol. The van der Waals surface area contributed by atoms with Gasteiger partial charge in [0.25, 0.3) is 5.91 Å². The van der Waals surface area contributed by atoms with Crippen LogP contribution >= 0.6 is 0 Å². The van der Waals surface area contributed by atoms with E-state index in [4.69, 9.17) is 0 Å². The minimum Gasteiger partial charge on any atom is -0.340 e.